The normalized spacial score (nSPS) is 10.3. The highest BCUT2D eigenvalue weighted by Crippen LogP contribution is 2.21. The summed E-state index contributed by atoms with van der Waals surface area (Å²) < 4.78 is 15.3. The maximum atomic E-state index is 13.4. The van der Waals surface area contributed by atoms with Crippen molar-refractivity contribution in [2.75, 3.05) is 5.32 Å². The third-order valence-electron chi connectivity index (χ3n) is 2.67. The highest BCUT2D eigenvalue weighted by Gasteiger charge is 2.13. The molecule has 0 aliphatic heterocycles. The Balaban J connectivity index is 2.09. The Bertz CT molecular complexity index is 580. The van der Waals surface area contributed by atoms with E-state index < -0.39 is 16.4 Å². The molecule has 6 heteroatoms. The van der Waals surface area contributed by atoms with Gasteiger partial charge in [0.1, 0.15) is 0 Å². The molecule has 0 amide bonds. The number of nitro benzene ring substituents is 1. The number of rotatable bonds is 4. The molecular formula is C12H12FN3O2. The lowest BCUT2D eigenvalue weighted by atomic mass is 10.2. The zero-order valence-corrected chi connectivity index (χ0v) is 9.76. The number of aromatic nitrogens is 1. The Kier molecular flexibility index (Phi) is 3.27. The number of hydrogen-bond donors (Lipinski definition) is 1. The lowest BCUT2D eigenvalue weighted by molar-refractivity contribution is -0.387. The molecular weight excluding hydrogens is 237 g/mol. The van der Waals surface area contributed by atoms with Crippen LogP contribution in [-0.2, 0) is 13.6 Å². The van der Waals surface area contributed by atoms with E-state index in [1.54, 1.807) is 0 Å². The Morgan fingerprint density at radius 3 is 2.78 bits per heavy atom. The van der Waals surface area contributed by atoms with Crippen LogP contribution in [0.1, 0.15) is 5.69 Å². The molecule has 0 atom stereocenters. The molecule has 1 heterocycles. The molecule has 0 aliphatic rings. The topological polar surface area (TPSA) is 60.1 Å². The Labute approximate surface area is 103 Å². The molecule has 94 valence electrons. The first-order valence-electron chi connectivity index (χ1n) is 5.36. The number of benzene rings is 1. The van der Waals surface area contributed by atoms with Crippen molar-refractivity contribution in [1.82, 2.24) is 4.57 Å². The van der Waals surface area contributed by atoms with Crippen LogP contribution in [0.25, 0.3) is 0 Å². The van der Waals surface area contributed by atoms with Crippen LogP contribution >= 0.6 is 0 Å². The third kappa shape index (κ3) is 2.48. The minimum atomic E-state index is -0.836. The van der Waals surface area contributed by atoms with Crippen molar-refractivity contribution >= 4 is 11.4 Å². The summed E-state index contributed by atoms with van der Waals surface area (Å²) in [5.74, 6) is -0.836. The van der Waals surface area contributed by atoms with E-state index >= 15 is 0 Å². The molecule has 5 nitrogen and oxygen atoms in total. The molecule has 0 aliphatic carbocycles. The van der Waals surface area contributed by atoms with Crippen LogP contribution in [0, 0.1) is 15.9 Å². The lowest BCUT2D eigenvalue weighted by Crippen LogP contribution is -2.04. The second-order valence-corrected chi connectivity index (χ2v) is 3.89. The van der Waals surface area contributed by atoms with Crippen LogP contribution in [0.15, 0.2) is 36.5 Å². The van der Waals surface area contributed by atoms with Gasteiger partial charge in [-0.2, -0.15) is 4.39 Å². The minimum absolute atomic E-state index is 0.513. The van der Waals surface area contributed by atoms with Gasteiger partial charge in [-0.15, -0.1) is 0 Å². The highest BCUT2D eigenvalue weighted by atomic mass is 19.1. The first kappa shape index (κ1) is 12.1. The molecule has 0 fully saturated rings. The van der Waals surface area contributed by atoms with Gasteiger partial charge in [-0.3, -0.25) is 10.1 Å². The molecule has 0 unspecified atom stereocenters. The molecule has 18 heavy (non-hydrogen) atoms. The van der Waals surface area contributed by atoms with E-state index in [2.05, 4.69) is 5.32 Å². The number of anilines is 1. The molecule has 1 aromatic heterocycles. The van der Waals surface area contributed by atoms with E-state index in [1.165, 1.54) is 6.07 Å². The van der Waals surface area contributed by atoms with E-state index in [0.717, 1.165) is 17.8 Å². The van der Waals surface area contributed by atoms with Gasteiger partial charge in [0.25, 0.3) is 0 Å². The van der Waals surface area contributed by atoms with Crippen LogP contribution < -0.4 is 5.32 Å². The third-order valence-corrected chi connectivity index (χ3v) is 2.67. The maximum absolute atomic E-state index is 13.4. The summed E-state index contributed by atoms with van der Waals surface area (Å²) in [6.07, 6.45) is 1.91. The average molecular weight is 249 g/mol. The van der Waals surface area contributed by atoms with Crippen molar-refractivity contribution in [2.45, 2.75) is 6.54 Å². The summed E-state index contributed by atoms with van der Waals surface area (Å²) in [7, 11) is 1.91. The van der Waals surface area contributed by atoms with Gasteiger partial charge in [-0.05, 0) is 18.2 Å². The monoisotopic (exact) mass is 249 g/mol. The van der Waals surface area contributed by atoms with Gasteiger partial charge in [0.05, 0.1) is 11.5 Å². The van der Waals surface area contributed by atoms with Gasteiger partial charge < -0.3 is 9.88 Å². The number of hydrogen-bond acceptors (Lipinski definition) is 3. The van der Waals surface area contributed by atoms with Gasteiger partial charge in [0.2, 0.25) is 5.82 Å². The van der Waals surface area contributed by atoms with E-state index in [9.17, 15) is 14.5 Å². The number of nitrogens with one attached hydrogen (secondary N) is 1. The van der Waals surface area contributed by atoms with Crippen LogP contribution in [0.4, 0.5) is 15.8 Å². The molecule has 1 aromatic carbocycles. The second kappa shape index (κ2) is 4.87. The number of aryl methyl sites for hydroxylation is 1. The lowest BCUT2D eigenvalue weighted by Gasteiger charge is -2.07. The molecule has 0 spiro atoms. The predicted molar refractivity (Wildman–Crippen MR) is 65.8 cm³/mol. The van der Waals surface area contributed by atoms with Gasteiger partial charge in [-0.1, -0.05) is 0 Å². The molecule has 2 rings (SSSR count). The first-order chi connectivity index (χ1) is 8.58. The van der Waals surface area contributed by atoms with Gasteiger partial charge >= 0.3 is 5.69 Å². The molecule has 0 bridgehead atoms. The van der Waals surface area contributed by atoms with Crippen molar-refractivity contribution in [3.05, 3.63) is 58.2 Å². The van der Waals surface area contributed by atoms with Crippen LogP contribution in [-0.4, -0.2) is 9.49 Å². The summed E-state index contributed by atoms with van der Waals surface area (Å²) >= 11 is 0. The molecule has 0 radical (unpaired) electrons. The fraction of sp³-hybridized carbons (Fsp3) is 0.167. The van der Waals surface area contributed by atoms with Gasteiger partial charge in [-0.25, -0.2) is 0 Å². The van der Waals surface area contributed by atoms with Gasteiger partial charge in [0, 0.05) is 36.8 Å². The quantitative estimate of drug-likeness (QED) is 0.669. The summed E-state index contributed by atoms with van der Waals surface area (Å²) in [5.41, 5.74) is 1.03. The summed E-state index contributed by atoms with van der Waals surface area (Å²) in [5, 5.41) is 13.5. The predicted octanol–water partition coefficient (Wildman–Crippen LogP) is 2.68. The zero-order chi connectivity index (χ0) is 13.1. The number of halogens is 1. The fourth-order valence-electron chi connectivity index (χ4n) is 1.64. The van der Waals surface area contributed by atoms with Crippen molar-refractivity contribution < 1.29 is 9.31 Å². The van der Waals surface area contributed by atoms with Crippen molar-refractivity contribution in [2.24, 2.45) is 7.05 Å². The Hall–Kier alpha value is -2.37. The van der Waals surface area contributed by atoms with Crippen molar-refractivity contribution in [1.29, 1.82) is 0 Å². The van der Waals surface area contributed by atoms with Crippen LogP contribution in [0.3, 0.4) is 0 Å². The first-order valence-corrected chi connectivity index (χ1v) is 5.36. The summed E-state index contributed by atoms with van der Waals surface area (Å²) in [6.45, 7) is 0.529. The standard InChI is InChI=1S/C12H12FN3O2/c1-15-6-2-3-10(15)8-14-9-4-5-12(16(17)18)11(13)7-9/h2-7,14H,8H2,1H3. The van der Waals surface area contributed by atoms with Crippen LogP contribution in [0.5, 0.6) is 0 Å². The molecule has 1 N–H and O–H groups in total. The molecule has 2 aromatic rings. The van der Waals surface area contributed by atoms with Gasteiger partial charge in [0.15, 0.2) is 0 Å². The van der Waals surface area contributed by atoms with E-state index in [4.69, 9.17) is 0 Å². The van der Waals surface area contributed by atoms with E-state index in [0.29, 0.717) is 12.2 Å². The molecule has 0 saturated carbocycles. The average Bonchev–Trinajstić information content (AvgIpc) is 2.72. The highest BCUT2D eigenvalue weighted by molar-refractivity contribution is 5.49. The van der Waals surface area contributed by atoms with Crippen molar-refractivity contribution in [3.63, 3.8) is 0 Å². The largest absolute Gasteiger partial charge is 0.379 e. The smallest absolute Gasteiger partial charge is 0.304 e. The summed E-state index contributed by atoms with van der Waals surface area (Å²) in [4.78, 5) is 9.72. The minimum Gasteiger partial charge on any atom is -0.379 e. The summed E-state index contributed by atoms with van der Waals surface area (Å²) in [6, 6.07) is 7.62. The maximum Gasteiger partial charge on any atom is 0.304 e. The SMILES string of the molecule is Cn1cccc1CNc1ccc([N+](=O)[O-])c(F)c1. The Morgan fingerprint density at radius 1 is 1.44 bits per heavy atom. The molecule has 0 saturated heterocycles. The van der Waals surface area contributed by atoms with E-state index in [-0.39, 0.29) is 0 Å². The number of nitrogens with zero attached hydrogens (tertiary/aromatic N) is 2. The zero-order valence-electron chi connectivity index (χ0n) is 9.76. The number of nitro groups is 1. The Morgan fingerprint density at radius 2 is 2.22 bits per heavy atom. The fourth-order valence-corrected chi connectivity index (χ4v) is 1.64. The van der Waals surface area contributed by atoms with Crippen molar-refractivity contribution in [3.8, 4) is 0 Å². The second-order valence-electron chi connectivity index (χ2n) is 3.89. The van der Waals surface area contributed by atoms with E-state index in [1.807, 2.05) is 29.9 Å². The van der Waals surface area contributed by atoms with Crippen LogP contribution in [0.2, 0.25) is 0 Å².